The molecule has 3 rings (SSSR count). The van der Waals surface area contributed by atoms with Gasteiger partial charge in [0.05, 0.1) is 12.6 Å². The third-order valence-corrected chi connectivity index (χ3v) is 5.27. The lowest BCUT2D eigenvalue weighted by molar-refractivity contribution is -0.135. The highest BCUT2D eigenvalue weighted by atomic mass is 16.2. The molecule has 1 aromatic rings. The smallest absolute Gasteiger partial charge is 0.242 e. The first-order chi connectivity index (χ1) is 12.2. The Morgan fingerprint density at radius 1 is 1.28 bits per heavy atom. The van der Waals surface area contributed by atoms with Crippen LogP contribution >= 0.6 is 0 Å². The molecule has 0 aromatic carbocycles. The van der Waals surface area contributed by atoms with Crippen LogP contribution in [0.1, 0.15) is 50.1 Å². The van der Waals surface area contributed by atoms with Gasteiger partial charge in [0.15, 0.2) is 0 Å². The monoisotopic (exact) mass is 344 g/mol. The van der Waals surface area contributed by atoms with Gasteiger partial charge in [0, 0.05) is 38.4 Å². The molecule has 0 spiro atoms. The molecule has 0 bridgehead atoms. The summed E-state index contributed by atoms with van der Waals surface area (Å²) in [5.74, 6) is 0.479. The van der Waals surface area contributed by atoms with Crippen LogP contribution in [0.15, 0.2) is 24.5 Å². The van der Waals surface area contributed by atoms with Crippen molar-refractivity contribution < 1.29 is 9.59 Å². The first-order valence-electron chi connectivity index (χ1n) is 9.41. The number of carbonyl (C=O) groups is 2. The minimum absolute atomic E-state index is 0.00770. The molecular formula is C19H28N4O2. The van der Waals surface area contributed by atoms with Crippen LogP contribution < -0.4 is 10.6 Å². The van der Waals surface area contributed by atoms with Crippen molar-refractivity contribution in [2.45, 2.75) is 44.6 Å². The third-order valence-electron chi connectivity index (χ3n) is 5.27. The molecule has 1 unspecified atom stereocenters. The van der Waals surface area contributed by atoms with Crippen LogP contribution in [-0.4, -0.2) is 47.9 Å². The van der Waals surface area contributed by atoms with Crippen molar-refractivity contribution in [1.82, 2.24) is 20.5 Å². The number of piperazine rings is 1. The maximum Gasteiger partial charge on any atom is 0.242 e. The van der Waals surface area contributed by atoms with Gasteiger partial charge in [-0.1, -0.05) is 25.3 Å². The Hall–Kier alpha value is -1.95. The zero-order chi connectivity index (χ0) is 17.5. The molecule has 2 heterocycles. The number of hydrogen-bond donors (Lipinski definition) is 2. The normalized spacial score (nSPS) is 21.8. The lowest BCUT2D eigenvalue weighted by Gasteiger charge is -2.36. The predicted molar refractivity (Wildman–Crippen MR) is 95.8 cm³/mol. The van der Waals surface area contributed by atoms with Gasteiger partial charge >= 0.3 is 0 Å². The number of carbonyl (C=O) groups excluding carboxylic acids is 2. The Labute approximate surface area is 149 Å². The second-order valence-electron chi connectivity index (χ2n) is 7.08. The fourth-order valence-electron chi connectivity index (χ4n) is 3.88. The van der Waals surface area contributed by atoms with E-state index >= 15 is 0 Å². The standard InChI is InChI=1S/C19H28N4O2/c24-18(11-15-5-2-1-3-6-15)22-14-19(25)23-10-9-21-13-17(23)16-7-4-8-20-12-16/h4,7-8,12,15,17,21H,1-3,5-6,9-11,13-14H2,(H,22,24). The molecule has 2 aliphatic rings. The molecule has 0 radical (unpaired) electrons. The average molecular weight is 344 g/mol. The van der Waals surface area contributed by atoms with Crippen LogP contribution in [0.25, 0.3) is 0 Å². The quantitative estimate of drug-likeness (QED) is 0.852. The van der Waals surface area contributed by atoms with E-state index in [1.54, 1.807) is 12.4 Å². The summed E-state index contributed by atoms with van der Waals surface area (Å²) in [5.41, 5.74) is 1.02. The van der Waals surface area contributed by atoms with Crippen molar-refractivity contribution in [1.29, 1.82) is 0 Å². The first kappa shape index (κ1) is 17.9. The number of aromatic nitrogens is 1. The van der Waals surface area contributed by atoms with Gasteiger partial charge in [-0.05, 0) is 30.4 Å². The highest BCUT2D eigenvalue weighted by Crippen LogP contribution is 2.26. The van der Waals surface area contributed by atoms with Crippen LogP contribution in [0.3, 0.4) is 0 Å². The van der Waals surface area contributed by atoms with E-state index in [-0.39, 0.29) is 24.4 Å². The summed E-state index contributed by atoms with van der Waals surface area (Å²) in [5, 5.41) is 6.16. The van der Waals surface area contributed by atoms with Crippen molar-refractivity contribution in [3.8, 4) is 0 Å². The summed E-state index contributed by atoms with van der Waals surface area (Å²) in [6, 6.07) is 3.86. The van der Waals surface area contributed by atoms with E-state index in [0.29, 0.717) is 25.4 Å². The van der Waals surface area contributed by atoms with Crippen LogP contribution in [0.5, 0.6) is 0 Å². The van der Waals surface area contributed by atoms with Gasteiger partial charge in [0.2, 0.25) is 11.8 Å². The molecule has 1 atom stereocenters. The van der Waals surface area contributed by atoms with Crippen LogP contribution in [0.2, 0.25) is 0 Å². The number of hydrogen-bond acceptors (Lipinski definition) is 4. The number of nitrogens with zero attached hydrogens (tertiary/aromatic N) is 2. The zero-order valence-corrected chi connectivity index (χ0v) is 14.7. The van der Waals surface area contributed by atoms with E-state index in [2.05, 4.69) is 15.6 Å². The van der Waals surface area contributed by atoms with Gasteiger partial charge in [-0.2, -0.15) is 0 Å². The van der Waals surface area contributed by atoms with Crippen molar-refractivity contribution in [2.75, 3.05) is 26.2 Å². The maximum absolute atomic E-state index is 12.6. The molecule has 6 nitrogen and oxygen atoms in total. The average Bonchev–Trinajstić information content (AvgIpc) is 2.67. The minimum Gasteiger partial charge on any atom is -0.347 e. The van der Waals surface area contributed by atoms with E-state index in [1.807, 2.05) is 17.0 Å². The molecule has 1 aliphatic carbocycles. The summed E-state index contributed by atoms with van der Waals surface area (Å²) in [6.45, 7) is 2.23. The molecule has 2 fully saturated rings. The van der Waals surface area contributed by atoms with Crippen LogP contribution in [0, 0.1) is 5.92 Å². The fraction of sp³-hybridized carbons (Fsp3) is 0.632. The molecule has 1 saturated heterocycles. The first-order valence-corrected chi connectivity index (χ1v) is 9.41. The zero-order valence-electron chi connectivity index (χ0n) is 14.7. The van der Waals surface area contributed by atoms with Gasteiger partial charge in [-0.25, -0.2) is 0 Å². The van der Waals surface area contributed by atoms with Crippen molar-refractivity contribution in [3.05, 3.63) is 30.1 Å². The predicted octanol–water partition coefficient (Wildman–Crippen LogP) is 1.64. The second kappa shape index (κ2) is 8.94. The van der Waals surface area contributed by atoms with E-state index in [4.69, 9.17) is 0 Å². The number of nitrogens with one attached hydrogen (secondary N) is 2. The SMILES string of the molecule is O=C(CC1CCCCC1)NCC(=O)N1CCNCC1c1cccnc1. The Kier molecular flexibility index (Phi) is 6.39. The second-order valence-corrected chi connectivity index (χ2v) is 7.08. The number of pyridine rings is 1. The Morgan fingerprint density at radius 3 is 2.88 bits per heavy atom. The summed E-state index contributed by atoms with van der Waals surface area (Å²) >= 11 is 0. The van der Waals surface area contributed by atoms with E-state index < -0.39 is 0 Å². The maximum atomic E-state index is 12.6. The molecule has 1 aliphatic heterocycles. The summed E-state index contributed by atoms with van der Waals surface area (Å²) in [4.78, 5) is 30.8. The van der Waals surface area contributed by atoms with E-state index in [9.17, 15) is 9.59 Å². The highest BCUT2D eigenvalue weighted by Gasteiger charge is 2.28. The third kappa shape index (κ3) is 5.01. The van der Waals surface area contributed by atoms with E-state index in [1.165, 1.54) is 19.3 Å². The van der Waals surface area contributed by atoms with Crippen LogP contribution in [0.4, 0.5) is 0 Å². The summed E-state index contributed by atoms with van der Waals surface area (Å²) < 4.78 is 0. The molecule has 25 heavy (non-hydrogen) atoms. The molecule has 1 aromatic heterocycles. The van der Waals surface area contributed by atoms with Crippen molar-refractivity contribution in [2.24, 2.45) is 5.92 Å². The fourth-order valence-corrected chi connectivity index (χ4v) is 3.88. The van der Waals surface area contributed by atoms with E-state index in [0.717, 1.165) is 24.9 Å². The van der Waals surface area contributed by atoms with Gasteiger partial charge in [-0.3, -0.25) is 14.6 Å². The number of amides is 2. The van der Waals surface area contributed by atoms with Crippen molar-refractivity contribution in [3.63, 3.8) is 0 Å². The molecule has 2 amide bonds. The Balaban J connectivity index is 1.51. The highest BCUT2D eigenvalue weighted by molar-refractivity contribution is 5.85. The topological polar surface area (TPSA) is 74.3 Å². The molecule has 2 N–H and O–H groups in total. The van der Waals surface area contributed by atoms with Gasteiger partial charge in [-0.15, -0.1) is 0 Å². The molecular weight excluding hydrogens is 316 g/mol. The van der Waals surface area contributed by atoms with Crippen molar-refractivity contribution >= 4 is 11.8 Å². The Morgan fingerprint density at radius 2 is 2.12 bits per heavy atom. The minimum atomic E-state index is -0.0230. The van der Waals surface area contributed by atoms with Crippen LogP contribution in [-0.2, 0) is 9.59 Å². The summed E-state index contributed by atoms with van der Waals surface area (Å²) in [6.07, 6.45) is 10.1. The summed E-state index contributed by atoms with van der Waals surface area (Å²) in [7, 11) is 0. The van der Waals surface area contributed by atoms with Gasteiger partial charge in [0.1, 0.15) is 0 Å². The molecule has 1 saturated carbocycles. The lowest BCUT2D eigenvalue weighted by Crippen LogP contribution is -2.51. The molecule has 136 valence electrons. The van der Waals surface area contributed by atoms with Gasteiger partial charge < -0.3 is 15.5 Å². The lowest BCUT2D eigenvalue weighted by atomic mass is 9.87. The molecule has 6 heteroatoms. The number of rotatable bonds is 5. The largest absolute Gasteiger partial charge is 0.347 e. The van der Waals surface area contributed by atoms with Gasteiger partial charge in [0.25, 0.3) is 0 Å². The Bertz CT molecular complexity index is 572.